The average Bonchev–Trinajstić information content (AvgIpc) is 2.62. The maximum atomic E-state index is 9.79. The molecule has 1 aromatic rings. The molecule has 1 N–H and O–H groups in total. The van der Waals surface area contributed by atoms with Gasteiger partial charge in [-0.15, -0.1) is 0 Å². The molecule has 0 radical (unpaired) electrons. The molecule has 2 rings (SSSR count). The van der Waals surface area contributed by atoms with Gasteiger partial charge in [-0.25, -0.2) is 0 Å². The summed E-state index contributed by atoms with van der Waals surface area (Å²) in [5.74, 6) is 0.970. The third kappa shape index (κ3) is 2.11. The number of rotatable bonds is 1. The summed E-state index contributed by atoms with van der Waals surface area (Å²) in [6.07, 6.45) is -1.25. The zero-order chi connectivity index (χ0) is 11.1. The summed E-state index contributed by atoms with van der Waals surface area (Å²) in [6.45, 7) is 0.110. The first-order valence-corrected chi connectivity index (χ1v) is 5.27. The summed E-state index contributed by atoms with van der Waals surface area (Å²) in [6, 6.07) is 5.04. The molecule has 1 unspecified atom stereocenters. The predicted octanol–water partition coefficient (Wildman–Crippen LogP) is 2.82. The molecule has 0 aromatic heterocycles. The van der Waals surface area contributed by atoms with Crippen molar-refractivity contribution in [1.82, 2.24) is 0 Å². The fourth-order valence-corrected chi connectivity index (χ4v) is 1.70. The van der Waals surface area contributed by atoms with Crippen molar-refractivity contribution in [2.24, 2.45) is 0 Å². The highest BCUT2D eigenvalue weighted by molar-refractivity contribution is 6.68. The molecule has 1 heterocycles. The van der Waals surface area contributed by atoms with E-state index < -0.39 is 9.90 Å². The highest BCUT2D eigenvalue weighted by Gasteiger charge is 2.35. The number of hydrogen-bond donors (Lipinski definition) is 1. The molecule has 3 nitrogen and oxygen atoms in total. The Labute approximate surface area is 101 Å². The number of fused-ring (bicyclic) bond motifs is 1. The molecule has 0 spiro atoms. The second-order valence-corrected chi connectivity index (χ2v) is 5.39. The van der Waals surface area contributed by atoms with E-state index in [9.17, 15) is 5.11 Å². The lowest BCUT2D eigenvalue weighted by Crippen LogP contribution is -2.16. The van der Waals surface area contributed by atoms with Crippen molar-refractivity contribution in [2.45, 2.75) is 9.90 Å². The van der Waals surface area contributed by atoms with Crippen molar-refractivity contribution < 1.29 is 14.6 Å². The van der Waals surface area contributed by atoms with E-state index in [0.717, 1.165) is 0 Å². The van der Waals surface area contributed by atoms with Gasteiger partial charge in [-0.05, 0) is 6.07 Å². The minimum absolute atomic E-state index is 0.110. The van der Waals surface area contributed by atoms with Gasteiger partial charge >= 0.3 is 0 Å². The number of aliphatic hydroxyl groups excluding tert-OH is 1. The fourth-order valence-electron chi connectivity index (χ4n) is 1.34. The van der Waals surface area contributed by atoms with Crippen LogP contribution in [0.3, 0.4) is 0 Å². The molecule has 82 valence electrons. The van der Waals surface area contributed by atoms with Crippen LogP contribution in [0.5, 0.6) is 11.5 Å². The lowest BCUT2D eigenvalue weighted by molar-refractivity contribution is 0.159. The summed E-state index contributed by atoms with van der Waals surface area (Å²) < 4.78 is 8.54. The number of benzene rings is 1. The molecule has 0 fully saturated rings. The average molecular weight is 270 g/mol. The number of para-hydroxylation sites is 1. The highest BCUT2D eigenvalue weighted by Crippen LogP contribution is 2.46. The van der Waals surface area contributed by atoms with Gasteiger partial charge in [-0.2, -0.15) is 0 Å². The molecule has 1 atom stereocenters. The fraction of sp³-hybridized carbons (Fsp3) is 0.333. The van der Waals surface area contributed by atoms with Gasteiger partial charge in [-0.3, -0.25) is 0 Å². The van der Waals surface area contributed by atoms with Gasteiger partial charge in [-0.1, -0.05) is 46.9 Å². The summed E-state index contributed by atoms with van der Waals surface area (Å²) in [7, 11) is 0. The van der Waals surface area contributed by atoms with E-state index in [1.54, 1.807) is 18.2 Å². The number of hydrogen-bond acceptors (Lipinski definition) is 3. The Morgan fingerprint density at radius 3 is 2.67 bits per heavy atom. The lowest BCUT2D eigenvalue weighted by atomic mass is 10.1. The molecule has 1 aromatic carbocycles. The Morgan fingerprint density at radius 2 is 2.00 bits per heavy atom. The zero-order valence-corrected chi connectivity index (χ0v) is 9.68. The summed E-state index contributed by atoms with van der Waals surface area (Å²) >= 11 is 16.8. The Hall–Kier alpha value is -0.350. The third-order valence-corrected chi connectivity index (χ3v) is 2.65. The van der Waals surface area contributed by atoms with E-state index in [-0.39, 0.29) is 6.79 Å². The third-order valence-electron chi connectivity index (χ3n) is 2.03. The van der Waals surface area contributed by atoms with Crippen LogP contribution in [-0.4, -0.2) is 15.7 Å². The molecule has 0 bridgehead atoms. The summed E-state index contributed by atoms with van der Waals surface area (Å²) in [4.78, 5) is 0. The summed E-state index contributed by atoms with van der Waals surface area (Å²) in [5.41, 5.74) is 0.407. The van der Waals surface area contributed by atoms with Crippen molar-refractivity contribution in [3.8, 4) is 11.5 Å². The maximum absolute atomic E-state index is 9.79. The van der Waals surface area contributed by atoms with Crippen molar-refractivity contribution >= 4 is 34.8 Å². The summed E-state index contributed by atoms with van der Waals surface area (Å²) in [5, 5.41) is 9.79. The van der Waals surface area contributed by atoms with Gasteiger partial charge in [0, 0.05) is 5.56 Å². The van der Waals surface area contributed by atoms with Crippen LogP contribution < -0.4 is 9.47 Å². The molecule has 0 aliphatic carbocycles. The van der Waals surface area contributed by atoms with Gasteiger partial charge in [0.25, 0.3) is 0 Å². The minimum atomic E-state index is -1.79. The van der Waals surface area contributed by atoms with Crippen LogP contribution in [0.4, 0.5) is 0 Å². The van der Waals surface area contributed by atoms with Gasteiger partial charge < -0.3 is 14.6 Å². The van der Waals surface area contributed by atoms with E-state index in [1.165, 1.54) is 0 Å². The Morgan fingerprint density at radius 1 is 1.27 bits per heavy atom. The van der Waals surface area contributed by atoms with Crippen molar-refractivity contribution in [3.63, 3.8) is 0 Å². The predicted molar refractivity (Wildman–Crippen MR) is 57.8 cm³/mol. The van der Waals surface area contributed by atoms with Gasteiger partial charge in [0.1, 0.15) is 6.10 Å². The van der Waals surface area contributed by atoms with E-state index in [4.69, 9.17) is 44.3 Å². The first-order valence-electron chi connectivity index (χ1n) is 4.13. The molecular formula is C9H7Cl3O3. The van der Waals surface area contributed by atoms with E-state index in [1.807, 2.05) is 0 Å². The smallest absolute Gasteiger partial charge is 0.231 e. The van der Waals surface area contributed by atoms with Crippen LogP contribution in [0.2, 0.25) is 0 Å². The minimum Gasteiger partial charge on any atom is -0.454 e. The molecule has 0 saturated heterocycles. The quantitative estimate of drug-likeness (QED) is 0.797. The normalized spacial score (nSPS) is 16.5. The Balaban J connectivity index is 2.41. The monoisotopic (exact) mass is 268 g/mol. The van der Waals surface area contributed by atoms with Crippen molar-refractivity contribution in [2.75, 3.05) is 6.79 Å². The van der Waals surface area contributed by atoms with E-state index in [0.29, 0.717) is 17.1 Å². The van der Waals surface area contributed by atoms with E-state index in [2.05, 4.69) is 0 Å². The van der Waals surface area contributed by atoms with E-state index >= 15 is 0 Å². The van der Waals surface area contributed by atoms with Crippen LogP contribution >= 0.6 is 34.8 Å². The second-order valence-electron chi connectivity index (χ2n) is 3.03. The molecule has 6 heteroatoms. The second kappa shape index (κ2) is 3.91. The van der Waals surface area contributed by atoms with Crippen molar-refractivity contribution in [1.29, 1.82) is 0 Å². The molecule has 0 saturated carbocycles. The molecular weight excluding hydrogens is 262 g/mol. The van der Waals surface area contributed by atoms with Crippen LogP contribution in [0.25, 0.3) is 0 Å². The molecule has 0 amide bonds. The molecule has 1 aliphatic heterocycles. The molecule has 15 heavy (non-hydrogen) atoms. The number of halogens is 3. The zero-order valence-electron chi connectivity index (χ0n) is 7.41. The maximum Gasteiger partial charge on any atom is 0.231 e. The van der Waals surface area contributed by atoms with Crippen LogP contribution in [-0.2, 0) is 0 Å². The molecule has 1 aliphatic rings. The Bertz CT molecular complexity index is 375. The van der Waals surface area contributed by atoms with Gasteiger partial charge in [0.05, 0.1) is 0 Å². The lowest BCUT2D eigenvalue weighted by Gasteiger charge is -2.20. The largest absolute Gasteiger partial charge is 0.454 e. The number of ether oxygens (including phenoxy) is 2. The van der Waals surface area contributed by atoms with Crippen LogP contribution in [0.15, 0.2) is 18.2 Å². The SMILES string of the molecule is OC(c1cccc2c1OCO2)C(Cl)(Cl)Cl. The van der Waals surface area contributed by atoms with Crippen LogP contribution in [0, 0.1) is 0 Å². The first kappa shape index (κ1) is 11.1. The standard InChI is InChI=1S/C9H7Cl3O3/c10-9(11,12)8(13)5-2-1-3-6-7(5)15-4-14-6/h1-3,8,13H,4H2. The number of aliphatic hydroxyl groups is 1. The Kier molecular flexibility index (Phi) is 2.90. The van der Waals surface area contributed by atoms with Gasteiger partial charge in [0.15, 0.2) is 11.5 Å². The van der Waals surface area contributed by atoms with Crippen LogP contribution in [0.1, 0.15) is 11.7 Å². The topological polar surface area (TPSA) is 38.7 Å². The van der Waals surface area contributed by atoms with Gasteiger partial charge in [0.2, 0.25) is 10.6 Å². The highest BCUT2D eigenvalue weighted by atomic mass is 35.6. The first-order chi connectivity index (χ1) is 7.00. The van der Waals surface area contributed by atoms with Crippen molar-refractivity contribution in [3.05, 3.63) is 23.8 Å². The number of alkyl halides is 3.